The average Bonchev–Trinajstić information content (AvgIpc) is 2.74. The van der Waals surface area contributed by atoms with E-state index in [1.165, 1.54) is 0 Å². The highest BCUT2D eigenvalue weighted by Gasteiger charge is 2.35. The van der Waals surface area contributed by atoms with Crippen LogP contribution in [0.15, 0.2) is 11.6 Å². The van der Waals surface area contributed by atoms with Crippen LogP contribution in [0.1, 0.15) is 19.8 Å². The first-order chi connectivity index (χ1) is 5.29. The molecule has 2 rings (SSSR count). The molecule has 11 heavy (non-hydrogen) atoms. The van der Waals surface area contributed by atoms with Crippen LogP contribution >= 0.6 is 11.8 Å². The largest absolute Gasteiger partial charge is 0.306 e. The van der Waals surface area contributed by atoms with Gasteiger partial charge in [-0.15, -0.1) is 11.8 Å². The molecule has 0 saturated heterocycles. The van der Waals surface area contributed by atoms with Gasteiger partial charge in [-0.2, -0.15) is 0 Å². The Morgan fingerprint density at radius 1 is 1.64 bits per heavy atom. The highest BCUT2D eigenvalue weighted by Crippen LogP contribution is 2.35. The van der Waals surface area contributed by atoms with E-state index in [9.17, 15) is 4.79 Å². The number of rotatable bonds is 1. The van der Waals surface area contributed by atoms with E-state index in [-0.39, 0.29) is 0 Å². The van der Waals surface area contributed by atoms with E-state index in [2.05, 4.69) is 6.92 Å². The predicted molar refractivity (Wildman–Crippen MR) is 45.8 cm³/mol. The summed E-state index contributed by atoms with van der Waals surface area (Å²) in [4.78, 5) is 13.3. The van der Waals surface area contributed by atoms with E-state index in [0.29, 0.717) is 17.2 Å². The van der Waals surface area contributed by atoms with E-state index in [4.69, 9.17) is 0 Å². The summed E-state index contributed by atoms with van der Waals surface area (Å²) in [6.45, 7) is 2.06. The molecule has 1 unspecified atom stereocenters. The lowest BCUT2D eigenvalue weighted by atomic mass is 10.3. The van der Waals surface area contributed by atoms with Gasteiger partial charge >= 0.3 is 0 Å². The fourth-order valence-electron chi connectivity index (χ4n) is 1.19. The van der Waals surface area contributed by atoms with Crippen LogP contribution < -0.4 is 0 Å². The second-order valence-corrected chi connectivity index (χ2v) is 4.27. The van der Waals surface area contributed by atoms with E-state index in [1.54, 1.807) is 11.8 Å². The van der Waals surface area contributed by atoms with Crippen LogP contribution in [0.2, 0.25) is 0 Å². The fraction of sp³-hybridized carbons (Fsp3) is 0.625. The first-order valence-electron chi connectivity index (χ1n) is 3.93. The molecule has 1 saturated carbocycles. The summed E-state index contributed by atoms with van der Waals surface area (Å²) >= 11 is 1.70. The summed E-state index contributed by atoms with van der Waals surface area (Å²) in [5.41, 5.74) is 0. The van der Waals surface area contributed by atoms with E-state index >= 15 is 0 Å². The van der Waals surface area contributed by atoms with Gasteiger partial charge < -0.3 is 4.90 Å². The maximum absolute atomic E-state index is 11.5. The second-order valence-electron chi connectivity index (χ2n) is 3.04. The molecule has 0 spiro atoms. The van der Waals surface area contributed by atoms with Crippen LogP contribution in [0.5, 0.6) is 0 Å². The average molecular weight is 169 g/mol. The molecule has 60 valence electrons. The quantitative estimate of drug-likeness (QED) is 0.596. The molecule has 0 aromatic carbocycles. The molecule has 1 aliphatic heterocycles. The molecular formula is C8H11NOS. The lowest BCUT2D eigenvalue weighted by molar-refractivity contribution is -0.130. The Hall–Kier alpha value is -0.440. The summed E-state index contributed by atoms with van der Waals surface area (Å²) in [5.74, 6) is 0.666. The molecule has 1 aliphatic carbocycles. The van der Waals surface area contributed by atoms with Gasteiger partial charge in [0.2, 0.25) is 5.91 Å². The maximum atomic E-state index is 11.5. The molecule has 0 N–H and O–H groups in total. The first kappa shape index (κ1) is 7.22. The third-order valence-electron chi connectivity index (χ3n) is 2.07. The Kier molecular flexibility index (Phi) is 1.68. The van der Waals surface area contributed by atoms with Crippen molar-refractivity contribution in [3.8, 4) is 0 Å². The predicted octanol–water partition coefficient (Wildman–Crippen LogP) is 1.79. The van der Waals surface area contributed by atoms with Crippen LogP contribution in [-0.2, 0) is 4.79 Å². The van der Waals surface area contributed by atoms with Gasteiger partial charge in [0.25, 0.3) is 0 Å². The Labute approximate surface area is 70.6 Å². The number of amides is 1. The molecular weight excluding hydrogens is 158 g/mol. The SMILES string of the molecule is CC1SC=CN1C(=O)C1CC1. The van der Waals surface area contributed by atoms with Crippen LogP contribution in [0.3, 0.4) is 0 Å². The summed E-state index contributed by atoms with van der Waals surface area (Å²) in [7, 11) is 0. The van der Waals surface area contributed by atoms with Crippen molar-refractivity contribution >= 4 is 17.7 Å². The zero-order chi connectivity index (χ0) is 7.84. The number of carbonyl (C=O) groups excluding carboxylic acids is 1. The Balaban J connectivity index is 2.02. The van der Waals surface area contributed by atoms with Crippen LogP contribution in [0.25, 0.3) is 0 Å². The molecule has 2 nitrogen and oxygen atoms in total. The molecule has 1 fully saturated rings. The van der Waals surface area contributed by atoms with Gasteiger partial charge in [-0.05, 0) is 25.2 Å². The van der Waals surface area contributed by atoms with Crippen molar-refractivity contribution in [2.24, 2.45) is 5.92 Å². The van der Waals surface area contributed by atoms with E-state index in [1.807, 2.05) is 16.5 Å². The van der Waals surface area contributed by atoms with Crippen molar-refractivity contribution in [3.63, 3.8) is 0 Å². The Bertz CT molecular complexity index is 210. The molecule has 1 heterocycles. The molecule has 1 atom stereocenters. The number of hydrogen-bond acceptors (Lipinski definition) is 2. The van der Waals surface area contributed by atoms with Gasteiger partial charge in [0.15, 0.2) is 0 Å². The van der Waals surface area contributed by atoms with Crippen molar-refractivity contribution < 1.29 is 4.79 Å². The molecule has 0 bridgehead atoms. The standard InChI is InChI=1S/C8H11NOS/c1-6-9(4-5-11-6)8(10)7-2-3-7/h4-7H,2-3H2,1H3. The number of thioether (sulfide) groups is 1. The minimum Gasteiger partial charge on any atom is -0.306 e. The Morgan fingerprint density at radius 3 is 2.82 bits per heavy atom. The van der Waals surface area contributed by atoms with Crippen molar-refractivity contribution in [2.75, 3.05) is 0 Å². The summed E-state index contributed by atoms with van der Waals surface area (Å²) in [6, 6.07) is 0. The third-order valence-corrected chi connectivity index (χ3v) is 2.97. The highest BCUT2D eigenvalue weighted by molar-refractivity contribution is 8.02. The molecule has 1 amide bonds. The normalized spacial score (nSPS) is 29.5. The van der Waals surface area contributed by atoms with Crippen LogP contribution in [0.4, 0.5) is 0 Å². The minimum absolute atomic E-state index is 0.318. The molecule has 0 aromatic rings. The van der Waals surface area contributed by atoms with Gasteiger partial charge in [-0.1, -0.05) is 0 Å². The summed E-state index contributed by atoms with van der Waals surface area (Å²) in [6.07, 6.45) is 4.09. The van der Waals surface area contributed by atoms with Crippen LogP contribution in [0, 0.1) is 5.92 Å². The zero-order valence-electron chi connectivity index (χ0n) is 6.49. The molecule has 3 heteroatoms. The van der Waals surface area contributed by atoms with Gasteiger partial charge in [0, 0.05) is 12.1 Å². The summed E-state index contributed by atoms with van der Waals surface area (Å²) < 4.78 is 0. The number of nitrogens with zero attached hydrogens (tertiary/aromatic N) is 1. The van der Waals surface area contributed by atoms with Crippen molar-refractivity contribution in [1.82, 2.24) is 4.90 Å². The fourth-order valence-corrected chi connectivity index (χ4v) is 1.93. The highest BCUT2D eigenvalue weighted by atomic mass is 32.2. The minimum atomic E-state index is 0.318. The van der Waals surface area contributed by atoms with Crippen molar-refractivity contribution in [2.45, 2.75) is 25.1 Å². The molecule has 0 aromatic heterocycles. The zero-order valence-corrected chi connectivity index (χ0v) is 7.30. The van der Waals surface area contributed by atoms with Gasteiger partial charge in [0.05, 0.1) is 5.37 Å². The third kappa shape index (κ3) is 1.29. The van der Waals surface area contributed by atoms with Crippen molar-refractivity contribution in [3.05, 3.63) is 11.6 Å². The van der Waals surface area contributed by atoms with Gasteiger partial charge in [-0.3, -0.25) is 4.79 Å². The smallest absolute Gasteiger partial charge is 0.230 e. The monoisotopic (exact) mass is 169 g/mol. The van der Waals surface area contributed by atoms with Gasteiger partial charge in [0.1, 0.15) is 0 Å². The first-order valence-corrected chi connectivity index (χ1v) is 4.87. The van der Waals surface area contributed by atoms with E-state index in [0.717, 1.165) is 12.8 Å². The summed E-state index contributed by atoms with van der Waals surface area (Å²) in [5, 5.41) is 2.31. The lowest BCUT2D eigenvalue weighted by Crippen LogP contribution is -2.30. The van der Waals surface area contributed by atoms with Crippen molar-refractivity contribution in [1.29, 1.82) is 0 Å². The molecule has 2 aliphatic rings. The topological polar surface area (TPSA) is 20.3 Å². The maximum Gasteiger partial charge on any atom is 0.230 e. The molecule has 0 radical (unpaired) electrons. The number of carbonyl (C=O) groups is 1. The second kappa shape index (κ2) is 2.55. The van der Waals surface area contributed by atoms with Crippen LogP contribution in [-0.4, -0.2) is 16.2 Å². The number of hydrogen-bond donors (Lipinski definition) is 0. The lowest BCUT2D eigenvalue weighted by Gasteiger charge is -2.18. The Morgan fingerprint density at radius 2 is 2.36 bits per heavy atom. The van der Waals surface area contributed by atoms with Gasteiger partial charge in [-0.25, -0.2) is 0 Å². The van der Waals surface area contributed by atoms with E-state index < -0.39 is 0 Å².